The second-order valence-corrected chi connectivity index (χ2v) is 11.4. The smallest absolute Gasteiger partial charge is 0.447 e. The molecule has 0 bridgehead atoms. The molecule has 1 unspecified atom stereocenters. The predicted octanol–water partition coefficient (Wildman–Crippen LogP) is 0.772. The number of fused-ring (bicyclic) bond motifs is 1. The van der Waals surface area contributed by atoms with E-state index in [2.05, 4.69) is 16.3 Å². The maximum absolute atomic E-state index is 13.4. The quantitative estimate of drug-likeness (QED) is 0.375. The molecule has 3 aliphatic heterocycles. The highest BCUT2D eigenvalue weighted by atomic mass is 16.6. The van der Waals surface area contributed by atoms with E-state index >= 15 is 0 Å². The van der Waals surface area contributed by atoms with Gasteiger partial charge in [0, 0.05) is 31.7 Å². The number of hydrogen-bond acceptors (Lipinski definition) is 9. The van der Waals surface area contributed by atoms with E-state index in [9.17, 15) is 29.7 Å². The summed E-state index contributed by atoms with van der Waals surface area (Å²) in [6, 6.07) is 11.3. The molecule has 4 rings (SSSR count). The third kappa shape index (κ3) is 7.24. The van der Waals surface area contributed by atoms with Crippen LogP contribution in [0, 0.1) is 17.2 Å². The van der Waals surface area contributed by atoms with Crippen LogP contribution in [-0.2, 0) is 20.7 Å². The lowest BCUT2D eigenvalue weighted by Crippen LogP contribution is -2.59. The Morgan fingerprint density at radius 3 is 2.67 bits per heavy atom. The van der Waals surface area contributed by atoms with E-state index in [1.165, 1.54) is 0 Å². The first-order chi connectivity index (χ1) is 19.1. The molecule has 216 valence electrons. The topological polar surface area (TPSA) is 156 Å². The second kappa shape index (κ2) is 12.9. The fourth-order valence-electron chi connectivity index (χ4n) is 5.75. The number of nitrogens with one attached hydrogen (secondary N) is 1. The molecular weight excluding hydrogens is 517 g/mol. The molecule has 0 radical (unpaired) electrons. The van der Waals surface area contributed by atoms with E-state index in [0.717, 1.165) is 5.56 Å². The largest absolute Gasteiger partial charge is 0.475 e. The predicted molar refractivity (Wildman–Crippen MR) is 145 cm³/mol. The molecule has 3 fully saturated rings. The summed E-state index contributed by atoms with van der Waals surface area (Å²) in [7, 11) is -1.78. The number of cyclic esters (lactones) is 1. The number of likely N-dealkylation sites (tertiary alicyclic amines) is 1. The number of benzene rings is 1. The van der Waals surface area contributed by atoms with Gasteiger partial charge in [-0.3, -0.25) is 14.6 Å². The number of hydrogen-bond donors (Lipinski definition) is 3. The van der Waals surface area contributed by atoms with E-state index in [4.69, 9.17) is 9.47 Å². The third-order valence-corrected chi connectivity index (χ3v) is 8.06. The highest BCUT2D eigenvalue weighted by Gasteiger charge is 2.43. The van der Waals surface area contributed by atoms with Gasteiger partial charge in [0.2, 0.25) is 5.91 Å². The van der Waals surface area contributed by atoms with Crippen molar-refractivity contribution >= 4 is 25.2 Å². The lowest BCUT2D eigenvalue weighted by Gasteiger charge is -2.45. The molecular formula is C27H38BN5O7. The van der Waals surface area contributed by atoms with Crippen LogP contribution in [0.5, 0.6) is 0 Å². The van der Waals surface area contributed by atoms with E-state index in [-0.39, 0.29) is 31.0 Å². The van der Waals surface area contributed by atoms with Crippen molar-refractivity contribution in [1.29, 1.82) is 5.26 Å². The number of piperidine rings is 1. The summed E-state index contributed by atoms with van der Waals surface area (Å²) < 4.78 is 10.7. The molecule has 40 heavy (non-hydrogen) atoms. The van der Waals surface area contributed by atoms with Gasteiger partial charge in [-0.2, -0.15) is 5.26 Å². The molecule has 3 aliphatic rings. The minimum Gasteiger partial charge on any atom is -0.447 e. The number of carbonyl (C=O) groups excluding carboxylic acids is 3. The fourth-order valence-corrected chi connectivity index (χ4v) is 5.75. The number of alkyl carbamates (subject to hydrolysis) is 1. The normalized spacial score (nSPS) is 22.9. The van der Waals surface area contributed by atoms with E-state index in [1.807, 2.05) is 44.2 Å². The lowest BCUT2D eigenvalue weighted by atomic mass is 9.76. The Morgan fingerprint density at radius 1 is 1.23 bits per heavy atom. The maximum Gasteiger partial charge on any atom is 0.475 e. The number of amides is 3. The van der Waals surface area contributed by atoms with Crippen LogP contribution in [-0.4, -0.2) is 113 Å². The van der Waals surface area contributed by atoms with Gasteiger partial charge in [-0.05, 0) is 45.1 Å². The Balaban J connectivity index is 1.30. The van der Waals surface area contributed by atoms with E-state index < -0.39 is 36.7 Å². The first kappa shape index (κ1) is 29.6. The molecule has 13 heteroatoms. The van der Waals surface area contributed by atoms with Gasteiger partial charge in [0.05, 0.1) is 24.6 Å². The van der Waals surface area contributed by atoms with Crippen LogP contribution in [0.2, 0.25) is 0 Å². The number of rotatable bonds is 9. The molecule has 3 heterocycles. The fraction of sp³-hybridized carbons (Fsp3) is 0.630. The molecule has 12 nitrogen and oxygen atoms in total. The van der Waals surface area contributed by atoms with Crippen LogP contribution in [0.15, 0.2) is 30.3 Å². The van der Waals surface area contributed by atoms with Crippen LogP contribution in [0.4, 0.5) is 9.59 Å². The highest BCUT2D eigenvalue weighted by molar-refractivity contribution is 6.43. The number of ether oxygens (including phenoxy) is 2. The summed E-state index contributed by atoms with van der Waals surface area (Å²) in [5, 5.41) is 31.9. The molecule has 0 aromatic heterocycles. The number of piperazine rings is 1. The van der Waals surface area contributed by atoms with Gasteiger partial charge in [-0.1, -0.05) is 30.3 Å². The zero-order valence-electron chi connectivity index (χ0n) is 23.1. The minimum atomic E-state index is -1.78. The SMILES string of the molecule is CC(C)(CC(C#N)C(=O)N1CCC[C@H](OC(=O)N[C@@H](Cc2ccccc2)B(O)O)C1)N1CCN2C(=O)OC[C@@H]2C1. The molecule has 0 aliphatic carbocycles. The summed E-state index contributed by atoms with van der Waals surface area (Å²) in [6.07, 6.45) is 0.0355. The average Bonchev–Trinajstić information content (AvgIpc) is 3.31. The monoisotopic (exact) mass is 555 g/mol. The van der Waals surface area contributed by atoms with Gasteiger partial charge in [0.1, 0.15) is 18.6 Å². The number of carbonyl (C=O) groups is 3. The Labute approximate surface area is 234 Å². The van der Waals surface area contributed by atoms with Crippen molar-refractivity contribution in [3.8, 4) is 6.07 Å². The molecule has 3 amide bonds. The Morgan fingerprint density at radius 2 is 1.98 bits per heavy atom. The molecule has 1 aromatic rings. The van der Waals surface area contributed by atoms with Crippen molar-refractivity contribution in [3.05, 3.63) is 35.9 Å². The number of nitriles is 1. The molecule has 3 N–H and O–H groups in total. The van der Waals surface area contributed by atoms with Crippen LogP contribution in [0.1, 0.15) is 38.7 Å². The maximum atomic E-state index is 13.4. The van der Waals surface area contributed by atoms with Crippen molar-refractivity contribution < 1.29 is 33.9 Å². The Hall–Kier alpha value is -3.34. The standard InChI is InChI=1S/C27H38BN5O7/c1-27(2,32-11-12-33-21(16-32)18-39-26(33)36)14-20(15-29)24(34)31-10-6-9-22(17-31)40-25(35)30-23(28(37)38)13-19-7-4-3-5-8-19/h3-5,7-8,20-23,37-38H,6,9-14,16-18H2,1-2H3,(H,30,35)/t20?,21-,22-,23-/m0/s1. The van der Waals surface area contributed by atoms with Gasteiger partial charge >= 0.3 is 19.3 Å². The Kier molecular flexibility index (Phi) is 9.55. The van der Waals surface area contributed by atoms with Crippen molar-refractivity contribution in [2.75, 3.05) is 39.3 Å². The lowest BCUT2D eigenvalue weighted by molar-refractivity contribution is -0.138. The van der Waals surface area contributed by atoms with Crippen molar-refractivity contribution in [2.45, 2.75) is 63.2 Å². The van der Waals surface area contributed by atoms with Crippen LogP contribution in [0.25, 0.3) is 0 Å². The van der Waals surface area contributed by atoms with Crippen LogP contribution >= 0.6 is 0 Å². The highest BCUT2D eigenvalue weighted by Crippen LogP contribution is 2.30. The number of nitrogens with zero attached hydrogens (tertiary/aromatic N) is 4. The summed E-state index contributed by atoms with van der Waals surface area (Å²) in [6.45, 7) is 6.78. The van der Waals surface area contributed by atoms with Gasteiger partial charge < -0.3 is 29.7 Å². The molecule has 3 saturated heterocycles. The minimum absolute atomic E-state index is 0.0258. The summed E-state index contributed by atoms with van der Waals surface area (Å²) in [5.41, 5.74) is 0.367. The first-order valence-corrected chi connectivity index (χ1v) is 13.8. The second-order valence-electron chi connectivity index (χ2n) is 11.4. The van der Waals surface area contributed by atoms with Crippen molar-refractivity contribution in [3.63, 3.8) is 0 Å². The summed E-state index contributed by atoms with van der Waals surface area (Å²) in [5.74, 6) is -2.13. The molecule has 1 aromatic carbocycles. The molecule has 0 saturated carbocycles. The van der Waals surface area contributed by atoms with Crippen LogP contribution in [0.3, 0.4) is 0 Å². The summed E-state index contributed by atoms with van der Waals surface area (Å²) in [4.78, 5) is 43.4. The van der Waals surface area contributed by atoms with Crippen molar-refractivity contribution in [2.24, 2.45) is 5.92 Å². The van der Waals surface area contributed by atoms with Gasteiger partial charge in [0.15, 0.2) is 0 Å². The Bertz CT molecular complexity index is 1100. The molecule has 0 spiro atoms. The van der Waals surface area contributed by atoms with Crippen LogP contribution < -0.4 is 5.32 Å². The van der Waals surface area contributed by atoms with E-state index in [1.54, 1.807) is 9.80 Å². The van der Waals surface area contributed by atoms with Gasteiger partial charge in [-0.15, -0.1) is 0 Å². The van der Waals surface area contributed by atoms with Gasteiger partial charge in [0.25, 0.3) is 0 Å². The average molecular weight is 555 g/mol. The van der Waals surface area contributed by atoms with Gasteiger partial charge in [-0.25, -0.2) is 9.59 Å². The summed E-state index contributed by atoms with van der Waals surface area (Å²) >= 11 is 0. The van der Waals surface area contributed by atoms with E-state index in [0.29, 0.717) is 52.0 Å². The van der Waals surface area contributed by atoms with Crippen molar-refractivity contribution in [1.82, 2.24) is 20.0 Å². The zero-order valence-corrected chi connectivity index (χ0v) is 23.1. The first-order valence-electron chi connectivity index (χ1n) is 13.8. The third-order valence-electron chi connectivity index (χ3n) is 8.06. The zero-order chi connectivity index (χ0) is 28.9. The molecule has 4 atom stereocenters.